The minimum atomic E-state index is 0.695. The van der Waals surface area contributed by atoms with E-state index < -0.39 is 0 Å². The van der Waals surface area contributed by atoms with E-state index in [-0.39, 0.29) is 0 Å². The zero-order valence-electron chi connectivity index (χ0n) is 11.1. The van der Waals surface area contributed by atoms with Crippen LogP contribution in [0.5, 0.6) is 0 Å². The number of benzene rings is 1. The fraction of sp³-hybridized carbons (Fsp3) is 0.357. The molecule has 0 aliphatic carbocycles. The largest absolute Gasteiger partial charge is 0.379 e. The lowest BCUT2D eigenvalue weighted by atomic mass is 10.3. The SMILES string of the molecule is CCc1nn(CC)c(CNc2ccc(I)cc2)c1Cl. The standard InChI is InChI=1S/C14H17ClIN3/c1-3-12-14(15)13(19(4-2)18-12)9-17-11-7-5-10(16)6-8-11/h5-8,17H,3-4,9H2,1-2H3. The summed E-state index contributed by atoms with van der Waals surface area (Å²) in [6.45, 7) is 5.69. The van der Waals surface area contributed by atoms with Crippen molar-refractivity contribution in [1.82, 2.24) is 9.78 Å². The van der Waals surface area contributed by atoms with Gasteiger partial charge in [0.1, 0.15) is 0 Å². The van der Waals surface area contributed by atoms with Crippen LogP contribution in [-0.4, -0.2) is 9.78 Å². The summed E-state index contributed by atoms with van der Waals surface area (Å²) in [6, 6.07) is 8.31. The van der Waals surface area contributed by atoms with Gasteiger partial charge in [0.05, 0.1) is 23.0 Å². The van der Waals surface area contributed by atoms with Gasteiger partial charge in [-0.3, -0.25) is 4.68 Å². The first-order chi connectivity index (χ1) is 9.15. The third kappa shape index (κ3) is 3.42. The van der Waals surface area contributed by atoms with Gasteiger partial charge in [-0.25, -0.2) is 0 Å². The second-order valence-corrected chi connectivity index (χ2v) is 5.86. The number of hydrogen-bond donors (Lipinski definition) is 1. The van der Waals surface area contributed by atoms with E-state index in [0.717, 1.165) is 35.1 Å². The zero-order chi connectivity index (χ0) is 13.8. The summed E-state index contributed by atoms with van der Waals surface area (Å²) in [5.41, 5.74) is 3.13. The molecule has 5 heteroatoms. The first-order valence-electron chi connectivity index (χ1n) is 6.39. The lowest BCUT2D eigenvalue weighted by Gasteiger charge is -2.08. The van der Waals surface area contributed by atoms with Crippen LogP contribution in [0.2, 0.25) is 5.02 Å². The Morgan fingerprint density at radius 3 is 2.53 bits per heavy atom. The fourth-order valence-corrected chi connectivity index (χ4v) is 2.64. The fourth-order valence-electron chi connectivity index (χ4n) is 1.94. The maximum absolute atomic E-state index is 6.38. The van der Waals surface area contributed by atoms with Gasteiger partial charge in [0.15, 0.2) is 0 Å². The second-order valence-electron chi connectivity index (χ2n) is 4.24. The molecular formula is C14H17ClIN3. The van der Waals surface area contributed by atoms with E-state index in [1.807, 2.05) is 4.68 Å². The molecular weight excluding hydrogens is 373 g/mol. The third-order valence-corrected chi connectivity index (χ3v) is 4.15. The monoisotopic (exact) mass is 389 g/mol. The molecule has 0 aliphatic rings. The molecule has 0 saturated heterocycles. The molecule has 0 unspecified atom stereocenters. The van der Waals surface area contributed by atoms with Crippen molar-refractivity contribution in [3.05, 3.63) is 44.2 Å². The molecule has 1 N–H and O–H groups in total. The number of anilines is 1. The highest BCUT2D eigenvalue weighted by atomic mass is 127. The van der Waals surface area contributed by atoms with E-state index in [1.165, 1.54) is 3.57 Å². The van der Waals surface area contributed by atoms with Crippen LogP contribution in [0.15, 0.2) is 24.3 Å². The van der Waals surface area contributed by atoms with Gasteiger partial charge < -0.3 is 5.32 Å². The number of hydrogen-bond acceptors (Lipinski definition) is 2. The molecule has 0 atom stereocenters. The van der Waals surface area contributed by atoms with Crippen molar-refractivity contribution in [2.24, 2.45) is 0 Å². The van der Waals surface area contributed by atoms with Gasteiger partial charge >= 0.3 is 0 Å². The van der Waals surface area contributed by atoms with Crippen molar-refractivity contribution in [2.75, 3.05) is 5.32 Å². The van der Waals surface area contributed by atoms with Crippen molar-refractivity contribution < 1.29 is 0 Å². The Bertz CT molecular complexity index is 549. The average Bonchev–Trinajstić information content (AvgIpc) is 2.74. The Morgan fingerprint density at radius 1 is 1.26 bits per heavy atom. The molecule has 0 amide bonds. The predicted molar refractivity (Wildman–Crippen MR) is 88.8 cm³/mol. The number of nitrogens with one attached hydrogen (secondary N) is 1. The van der Waals surface area contributed by atoms with Crippen molar-refractivity contribution in [3.63, 3.8) is 0 Å². The van der Waals surface area contributed by atoms with Gasteiger partial charge in [-0.05, 0) is 60.2 Å². The van der Waals surface area contributed by atoms with E-state index in [0.29, 0.717) is 6.54 Å². The number of aryl methyl sites for hydroxylation is 2. The number of rotatable bonds is 5. The van der Waals surface area contributed by atoms with Gasteiger partial charge in [0, 0.05) is 15.8 Å². The second kappa shape index (κ2) is 6.61. The van der Waals surface area contributed by atoms with Gasteiger partial charge in [-0.15, -0.1) is 0 Å². The summed E-state index contributed by atoms with van der Waals surface area (Å²) < 4.78 is 3.20. The number of aromatic nitrogens is 2. The lowest BCUT2D eigenvalue weighted by Crippen LogP contribution is -2.08. The van der Waals surface area contributed by atoms with Crippen LogP contribution < -0.4 is 5.32 Å². The Hall–Kier alpha value is -0.750. The molecule has 0 saturated carbocycles. The average molecular weight is 390 g/mol. The van der Waals surface area contributed by atoms with Crippen LogP contribution >= 0.6 is 34.2 Å². The first kappa shape index (κ1) is 14.7. The van der Waals surface area contributed by atoms with Crippen LogP contribution in [-0.2, 0) is 19.5 Å². The van der Waals surface area contributed by atoms with Crippen molar-refractivity contribution in [2.45, 2.75) is 33.4 Å². The van der Waals surface area contributed by atoms with E-state index in [2.05, 4.69) is 71.1 Å². The molecule has 0 spiro atoms. The van der Waals surface area contributed by atoms with Crippen LogP contribution in [0, 0.1) is 3.57 Å². The third-order valence-electron chi connectivity index (χ3n) is 3.00. The summed E-state index contributed by atoms with van der Waals surface area (Å²) in [7, 11) is 0. The summed E-state index contributed by atoms with van der Waals surface area (Å²) in [5.74, 6) is 0. The highest BCUT2D eigenvalue weighted by Gasteiger charge is 2.13. The normalized spacial score (nSPS) is 10.7. The van der Waals surface area contributed by atoms with E-state index in [9.17, 15) is 0 Å². The molecule has 1 heterocycles. The molecule has 1 aromatic carbocycles. The maximum Gasteiger partial charge on any atom is 0.0868 e. The number of halogens is 2. The highest BCUT2D eigenvalue weighted by molar-refractivity contribution is 14.1. The Kier molecular flexibility index (Phi) is 5.10. The molecule has 102 valence electrons. The molecule has 2 rings (SSSR count). The smallest absolute Gasteiger partial charge is 0.0868 e. The van der Waals surface area contributed by atoms with E-state index in [4.69, 9.17) is 11.6 Å². The summed E-state index contributed by atoms with van der Waals surface area (Å²) in [6.07, 6.45) is 0.863. The Morgan fingerprint density at radius 2 is 1.95 bits per heavy atom. The van der Waals surface area contributed by atoms with Crippen molar-refractivity contribution in [1.29, 1.82) is 0 Å². The van der Waals surface area contributed by atoms with Crippen LogP contribution in [0.1, 0.15) is 25.2 Å². The minimum absolute atomic E-state index is 0.695. The molecule has 1 aromatic heterocycles. The molecule has 19 heavy (non-hydrogen) atoms. The highest BCUT2D eigenvalue weighted by Crippen LogP contribution is 2.22. The predicted octanol–water partition coefficient (Wildman–Crippen LogP) is 4.34. The topological polar surface area (TPSA) is 29.9 Å². The molecule has 0 radical (unpaired) electrons. The maximum atomic E-state index is 6.38. The summed E-state index contributed by atoms with van der Waals surface area (Å²) in [5, 5.41) is 8.70. The van der Waals surface area contributed by atoms with Gasteiger partial charge in [-0.1, -0.05) is 18.5 Å². The molecule has 0 fully saturated rings. The molecule has 3 nitrogen and oxygen atoms in total. The van der Waals surface area contributed by atoms with E-state index >= 15 is 0 Å². The van der Waals surface area contributed by atoms with Gasteiger partial charge in [0.2, 0.25) is 0 Å². The molecule has 2 aromatic rings. The summed E-state index contributed by atoms with van der Waals surface area (Å²) in [4.78, 5) is 0. The molecule has 0 bridgehead atoms. The van der Waals surface area contributed by atoms with Gasteiger partial charge in [-0.2, -0.15) is 5.10 Å². The lowest BCUT2D eigenvalue weighted by molar-refractivity contribution is 0.619. The minimum Gasteiger partial charge on any atom is -0.379 e. The zero-order valence-corrected chi connectivity index (χ0v) is 14.0. The quantitative estimate of drug-likeness (QED) is 0.771. The Balaban J connectivity index is 2.14. The van der Waals surface area contributed by atoms with Crippen LogP contribution in [0.3, 0.4) is 0 Å². The van der Waals surface area contributed by atoms with Crippen LogP contribution in [0.4, 0.5) is 5.69 Å². The van der Waals surface area contributed by atoms with Crippen molar-refractivity contribution in [3.8, 4) is 0 Å². The Labute approximate surface area is 132 Å². The van der Waals surface area contributed by atoms with E-state index in [1.54, 1.807) is 0 Å². The van der Waals surface area contributed by atoms with Gasteiger partial charge in [0.25, 0.3) is 0 Å². The van der Waals surface area contributed by atoms with Crippen LogP contribution in [0.25, 0.3) is 0 Å². The first-order valence-corrected chi connectivity index (χ1v) is 7.84. The molecule has 0 aliphatic heterocycles. The number of nitrogens with zero attached hydrogens (tertiary/aromatic N) is 2. The summed E-state index contributed by atoms with van der Waals surface area (Å²) >= 11 is 8.67. The van der Waals surface area contributed by atoms with Crippen molar-refractivity contribution >= 4 is 39.9 Å².